The molecular weight excluding hydrogens is 218 g/mol. The molecule has 0 aromatic heterocycles. The molecular formula is C13H23NO3. The lowest BCUT2D eigenvalue weighted by Crippen LogP contribution is -2.52. The maximum atomic E-state index is 11.7. The van der Waals surface area contributed by atoms with Gasteiger partial charge in [0.25, 0.3) is 0 Å². The SMILES string of the molecule is CC[C@H](NC(=O)OC(C)(C)C)C1(O)CC=CC1. The molecule has 0 radical (unpaired) electrons. The first-order valence-electron chi connectivity index (χ1n) is 6.14. The van der Waals surface area contributed by atoms with Crippen LogP contribution >= 0.6 is 0 Å². The van der Waals surface area contributed by atoms with Gasteiger partial charge in [-0.15, -0.1) is 0 Å². The second-order valence-corrected chi connectivity index (χ2v) is 5.59. The molecule has 1 rings (SSSR count). The number of carbonyl (C=O) groups is 1. The zero-order valence-electron chi connectivity index (χ0n) is 11.1. The third-order valence-electron chi connectivity index (χ3n) is 2.86. The third-order valence-corrected chi connectivity index (χ3v) is 2.86. The molecule has 0 aliphatic heterocycles. The van der Waals surface area contributed by atoms with E-state index >= 15 is 0 Å². The largest absolute Gasteiger partial charge is 0.444 e. The molecule has 0 spiro atoms. The van der Waals surface area contributed by atoms with Crippen LogP contribution in [0.5, 0.6) is 0 Å². The lowest BCUT2D eigenvalue weighted by molar-refractivity contribution is 0.000530. The van der Waals surface area contributed by atoms with Crippen LogP contribution in [0.2, 0.25) is 0 Å². The molecule has 4 nitrogen and oxygen atoms in total. The molecule has 0 bridgehead atoms. The molecule has 4 heteroatoms. The number of amides is 1. The van der Waals surface area contributed by atoms with Gasteiger partial charge < -0.3 is 15.2 Å². The summed E-state index contributed by atoms with van der Waals surface area (Å²) in [6.07, 6.45) is 5.27. The van der Waals surface area contributed by atoms with Gasteiger partial charge in [-0.3, -0.25) is 0 Å². The van der Waals surface area contributed by atoms with E-state index in [1.54, 1.807) is 0 Å². The first-order chi connectivity index (χ1) is 7.77. The molecule has 1 aliphatic carbocycles. The van der Waals surface area contributed by atoms with Crippen molar-refractivity contribution in [1.29, 1.82) is 0 Å². The van der Waals surface area contributed by atoms with Gasteiger partial charge in [-0.1, -0.05) is 19.1 Å². The highest BCUT2D eigenvalue weighted by atomic mass is 16.6. The minimum atomic E-state index is -0.856. The normalized spacial score (nSPS) is 20.1. The van der Waals surface area contributed by atoms with E-state index < -0.39 is 17.3 Å². The molecule has 17 heavy (non-hydrogen) atoms. The highest BCUT2D eigenvalue weighted by Gasteiger charge is 2.37. The predicted octanol–water partition coefficient (Wildman–Crippen LogP) is 2.37. The van der Waals surface area contributed by atoms with Gasteiger partial charge >= 0.3 is 6.09 Å². The van der Waals surface area contributed by atoms with E-state index in [0.29, 0.717) is 19.3 Å². The summed E-state index contributed by atoms with van der Waals surface area (Å²) in [4.78, 5) is 11.7. The number of alkyl carbamates (subject to hydrolysis) is 1. The first-order valence-corrected chi connectivity index (χ1v) is 6.14. The van der Waals surface area contributed by atoms with Crippen LogP contribution in [0.3, 0.4) is 0 Å². The molecule has 0 saturated carbocycles. The highest BCUT2D eigenvalue weighted by Crippen LogP contribution is 2.28. The van der Waals surface area contributed by atoms with Crippen LogP contribution in [0, 0.1) is 0 Å². The van der Waals surface area contributed by atoms with E-state index in [9.17, 15) is 9.90 Å². The molecule has 0 unspecified atom stereocenters. The lowest BCUT2D eigenvalue weighted by atomic mass is 9.90. The van der Waals surface area contributed by atoms with Crippen molar-refractivity contribution in [2.45, 2.75) is 64.2 Å². The average Bonchev–Trinajstić information content (AvgIpc) is 2.59. The van der Waals surface area contributed by atoms with Gasteiger partial charge in [0.2, 0.25) is 0 Å². The topological polar surface area (TPSA) is 58.6 Å². The number of hydrogen-bond acceptors (Lipinski definition) is 3. The zero-order chi connectivity index (χ0) is 13.1. The lowest BCUT2D eigenvalue weighted by Gasteiger charge is -2.33. The Balaban J connectivity index is 2.55. The summed E-state index contributed by atoms with van der Waals surface area (Å²) in [6.45, 7) is 7.40. The number of aliphatic hydroxyl groups is 1. The maximum absolute atomic E-state index is 11.7. The molecule has 0 fully saturated rings. The van der Waals surface area contributed by atoms with Crippen molar-refractivity contribution in [2.24, 2.45) is 0 Å². The van der Waals surface area contributed by atoms with Crippen LogP contribution < -0.4 is 5.32 Å². The second kappa shape index (κ2) is 5.08. The predicted molar refractivity (Wildman–Crippen MR) is 66.8 cm³/mol. The fourth-order valence-corrected chi connectivity index (χ4v) is 2.01. The van der Waals surface area contributed by atoms with Crippen molar-refractivity contribution in [1.82, 2.24) is 5.32 Å². The average molecular weight is 241 g/mol. The van der Waals surface area contributed by atoms with Gasteiger partial charge in [0.15, 0.2) is 0 Å². The van der Waals surface area contributed by atoms with E-state index in [1.807, 2.05) is 39.8 Å². The molecule has 0 aromatic rings. The van der Waals surface area contributed by atoms with Crippen molar-refractivity contribution in [3.8, 4) is 0 Å². The van der Waals surface area contributed by atoms with Crippen LogP contribution in [0.4, 0.5) is 4.79 Å². The number of rotatable bonds is 3. The molecule has 1 atom stereocenters. The Hall–Kier alpha value is -1.03. The minimum Gasteiger partial charge on any atom is -0.444 e. The summed E-state index contributed by atoms with van der Waals surface area (Å²) in [7, 11) is 0. The number of ether oxygens (including phenoxy) is 1. The van der Waals surface area contributed by atoms with Crippen LogP contribution in [0.15, 0.2) is 12.2 Å². The van der Waals surface area contributed by atoms with E-state index in [2.05, 4.69) is 5.32 Å². The van der Waals surface area contributed by atoms with E-state index in [-0.39, 0.29) is 6.04 Å². The standard InChI is InChI=1S/C13H23NO3/c1-5-10(13(16)8-6-7-9-13)14-11(15)17-12(2,3)4/h6-7,10,16H,5,8-9H2,1-4H3,(H,14,15)/t10-/m0/s1. The minimum absolute atomic E-state index is 0.271. The molecule has 2 N–H and O–H groups in total. The smallest absolute Gasteiger partial charge is 0.407 e. The number of carbonyl (C=O) groups excluding carboxylic acids is 1. The van der Waals surface area contributed by atoms with Gasteiger partial charge in [-0.25, -0.2) is 4.79 Å². The Labute approximate surface area is 103 Å². The third kappa shape index (κ3) is 4.04. The van der Waals surface area contributed by atoms with Crippen LogP contribution in [0.1, 0.15) is 47.0 Å². The highest BCUT2D eigenvalue weighted by molar-refractivity contribution is 5.68. The number of nitrogens with one attached hydrogen (secondary N) is 1. The quantitative estimate of drug-likeness (QED) is 0.746. The Bertz CT molecular complexity index is 296. The van der Waals surface area contributed by atoms with Crippen LogP contribution in [-0.4, -0.2) is 28.4 Å². The Morgan fingerprint density at radius 2 is 2.00 bits per heavy atom. The molecule has 0 heterocycles. The van der Waals surface area contributed by atoms with Crippen molar-refractivity contribution in [3.05, 3.63) is 12.2 Å². The van der Waals surface area contributed by atoms with Crippen molar-refractivity contribution >= 4 is 6.09 Å². The summed E-state index contributed by atoms with van der Waals surface area (Å²) in [5.74, 6) is 0. The van der Waals surface area contributed by atoms with Gasteiger partial charge in [0, 0.05) is 0 Å². The summed E-state index contributed by atoms with van der Waals surface area (Å²) < 4.78 is 5.19. The fraction of sp³-hybridized carbons (Fsp3) is 0.769. The fourth-order valence-electron chi connectivity index (χ4n) is 2.01. The van der Waals surface area contributed by atoms with Gasteiger partial charge in [-0.05, 0) is 40.0 Å². The Kier molecular flexibility index (Phi) is 4.20. The monoisotopic (exact) mass is 241 g/mol. The molecule has 0 saturated heterocycles. The summed E-state index contributed by atoms with van der Waals surface area (Å²) >= 11 is 0. The zero-order valence-corrected chi connectivity index (χ0v) is 11.1. The molecule has 1 amide bonds. The van der Waals surface area contributed by atoms with Crippen molar-refractivity contribution in [3.63, 3.8) is 0 Å². The molecule has 98 valence electrons. The maximum Gasteiger partial charge on any atom is 0.407 e. The van der Waals surface area contributed by atoms with Crippen molar-refractivity contribution < 1.29 is 14.6 Å². The van der Waals surface area contributed by atoms with E-state index in [0.717, 1.165) is 0 Å². The van der Waals surface area contributed by atoms with Crippen molar-refractivity contribution in [2.75, 3.05) is 0 Å². The van der Waals surface area contributed by atoms with Crippen LogP contribution in [0.25, 0.3) is 0 Å². The van der Waals surface area contributed by atoms with Crippen LogP contribution in [-0.2, 0) is 4.74 Å². The Morgan fingerprint density at radius 1 is 1.47 bits per heavy atom. The summed E-state index contributed by atoms with van der Waals surface area (Å²) in [6, 6.07) is -0.271. The van der Waals surface area contributed by atoms with Gasteiger partial charge in [-0.2, -0.15) is 0 Å². The van der Waals surface area contributed by atoms with Gasteiger partial charge in [0.05, 0.1) is 11.6 Å². The summed E-state index contributed by atoms with van der Waals surface area (Å²) in [5, 5.41) is 13.1. The first kappa shape index (κ1) is 14.0. The van der Waals surface area contributed by atoms with E-state index in [4.69, 9.17) is 4.74 Å². The van der Waals surface area contributed by atoms with E-state index in [1.165, 1.54) is 0 Å². The second-order valence-electron chi connectivity index (χ2n) is 5.59. The van der Waals surface area contributed by atoms with Gasteiger partial charge in [0.1, 0.15) is 5.60 Å². The Morgan fingerprint density at radius 3 is 2.41 bits per heavy atom. The summed E-state index contributed by atoms with van der Waals surface area (Å²) in [5.41, 5.74) is -1.37. The number of hydrogen-bond donors (Lipinski definition) is 2. The molecule has 1 aliphatic rings. The molecule has 0 aromatic carbocycles.